The Morgan fingerprint density at radius 2 is 1.95 bits per heavy atom. The lowest BCUT2D eigenvalue weighted by Gasteiger charge is -2.14. The number of pyridine rings is 1. The summed E-state index contributed by atoms with van der Waals surface area (Å²) in [4.78, 5) is 4.10. The molecule has 0 bridgehead atoms. The zero-order chi connectivity index (χ0) is 15.4. The molecule has 0 aliphatic carbocycles. The summed E-state index contributed by atoms with van der Waals surface area (Å²) in [6.07, 6.45) is 1.46. The van der Waals surface area contributed by atoms with Crippen molar-refractivity contribution in [2.75, 3.05) is 25.3 Å². The van der Waals surface area contributed by atoms with Crippen LogP contribution in [0.15, 0.2) is 24.4 Å². The van der Waals surface area contributed by atoms with E-state index in [2.05, 4.69) is 10.3 Å². The minimum absolute atomic E-state index is 0.323. The first-order chi connectivity index (χ1) is 10.1. The molecule has 0 spiro atoms. The highest BCUT2D eigenvalue weighted by atomic mass is 35.5. The molecule has 1 aromatic carbocycles. The summed E-state index contributed by atoms with van der Waals surface area (Å²) in [5.41, 5.74) is 6.91. The minimum atomic E-state index is 0.323. The van der Waals surface area contributed by atoms with Crippen LogP contribution < -0.4 is 20.5 Å². The third kappa shape index (κ3) is 3.09. The van der Waals surface area contributed by atoms with Crippen molar-refractivity contribution in [1.29, 1.82) is 5.26 Å². The molecule has 0 saturated carbocycles. The van der Waals surface area contributed by atoms with Gasteiger partial charge in [0.25, 0.3) is 0 Å². The quantitative estimate of drug-likeness (QED) is 0.902. The van der Waals surface area contributed by atoms with Crippen LogP contribution in [0.5, 0.6) is 11.5 Å². The average molecular weight is 305 g/mol. The van der Waals surface area contributed by atoms with Gasteiger partial charge in [-0.3, -0.25) is 0 Å². The van der Waals surface area contributed by atoms with E-state index in [1.807, 2.05) is 6.07 Å². The monoisotopic (exact) mass is 304 g/mol. The molecule has 0 amide bonds. The summed E-state index contributed by atoms with van der Waals surface area (Å²) in [5, 5.41) is 12.5. The zero-order valence-electron chi connectivity index (χ0n) is 11.5. The van der Waals surface area contributed by atoms with E-state index in [9.17, 15) is 0 Å². The number of nitrogens with zero attached hydrogens (tertiary/aromatic N) is 2. The predicted octanol–water partition coefficient (Wildman–Crippen LogP) is 2.95. The largest absolute Gasteiger partial charge is 0.495 e. The van der Waals surface area contributed by atoms with Gasteiger partial charge in [0.1, 0.15) is 23.4 Å². The first kappa shape index (κ1) is 14.8. The summed E-state index contributed by atoms with van der Waals surface area (Å²) < 4.78 is 10.4. The minimum Gasteiger partial charge on any atom is -0.495 e. The van der Waals surface area contributed by atoms with E-state index >= 15 is 0 Å². The maximum atomic E-state index is 9.12. The first-order valence-electron chi connectivity index (χ1n) is 5.93. The predicted molar refractivity (Wildman–Crippen MR) is 81.2 cm³/mol. The molecular formula is C14H13ClN4O2. The van der Waals surface area contributed by atoms with E-state index in [1.54, 1.807) is 12.1 Å². The highest BCUT2D eigenvalue weighted by molar-refractivity contribution is 6.32. The Morgan fingerprint density at radius 3 is 2.57 bits per heavy atom. The summed E-state index contributed by atoms with van der Waals surface area (Å²) >= 11 is 6.10. The number of hydrogen-bond donors (Lipinski definition) is 2. The van der Waals surface area contributed by atoms with Gasteiger partial charge in [-0.15, -0.1) is 0 Å². The molecule has 2 aromatic rings. The number of nitrogens with one attached hydrogen (secondary N) is 1. The lowest BCUT2D eigenvalue weighted by Crippen LogP contribution is -2.01. The van der Waals surface area contributed by atoms with E-state index in [-0.39, 0.29) is 0 Å². The molecule has 3 N–H and O–H groups in total. The number of anilines is 3. The van der Waals surface area contributed by atoms with Gasteiger partial charge in [0.2, 0.25) is 0 Å². The molecule has 0 aliphatic heterocycles. The van der Waals surface area contributed by atoms with Gasteiger partial charge in [0.05, 0.1) is 42.4 Å². The van der Waals surface area contributed by atoms with Gasteiger partial charge in [0, 0.05) is 6.07 Å². The Bertz CT molecular complexity index is 713. The number of methoxy groups -OCH3 is 2. The molecule has 0 aliphatic rings. The van der Waals surface area contributed by atoms with Gasteiger partial charge in [-0.1, -0.05) is 11.6 Å². The Hall–Kier alpha value is -2.65. The first-order valence-corrected chi connectivity index (χ1v) is 6.31. The van der Waals surface area contributed by atoms with Crippen molar-refractivity contribution in [1.82, 2.24) is 4.98 Å². The molecule has 1 heterocycles. The van der Waals surface area contributed by atoms with Crippen LogP contribution in [0.25, 0.3) is 0 Å². The molecular weight excluding hydrogens is 292 g/mol. The van der Waals surface area contributed by atoms with Crippen LogP contribution in [0, 0.1) is 11.3 Å². The number of hydrogen-bond acceptors (Lipinski definition) is 6. The van der Waals surface area contributed by atoms with Gasteiger partial charge >= 0.3 is 0 Å². The van der Waals surface area contributed by atoms with Crippen LogP contribution >= 0.6 is 11.6 Å². The molecule has 0 atom stereocenters. The SMILES string of the molecule is COc1cc(OC)c(Nc2ncc(N)cc2C#N)cc1Cl. The molecule has 21 heavy (non-hydrogen) atoms. The fraction of sp³-hybridized carbons (Fsp3) is 0.143. The van der Waals surface area contributed by atoms with Crippen LogP contribution in [0.2, 0.25) is 5.02 Å². The number of halogens is 1. The van der Waals surface area contributed by atoms with Crippen molar-refractivity contribution >= 4 is 28.8 Å². The van der Waals surface area contributed by atoms with Gasteiger partial charge in [-0.25, -0.2) is 4.98 Å². The second kappa shape index (κ2) is 6.20. The van der Waals surface area contributed by atoms with Crippen LogP contribution in [-0.2, 0) is 0 Å². The van der Waals surface area contributed by atoms with Crippen molar-refractivity contribution < 1.29 is 9.47 Å². The topological polar surface area (TPSA) is 93.2 Å². The van der Waals surface area contributed by atoms with E-state index in [0.29, 0.717) is 39.3 Å². The van der Waals surface area contributed by atoms with E-state index in [0.717, 1.165) is 0 Å². The molecule has 2 rings (SSSR count). The smallest absolute Gasteiger partial charge is 0.148 e. The van der Waals surface area contributed by atoms with Crippen molar-refractivity contribution in [2.24, 2.45) is 0 Å². The van der Waals surface area contributed by atoms with Gasteiger partial charge < -0.3 is 20.5 Å². The zero-order valence-corrected chi connectivity index (χ0v) is 12.2. The molecule has 0 saturated heterocycles. The van der Waals surface area contributed by atoms with Gasteiger partial charge in [-0.05, 0) is 12.1 Å². The third-order valence-corrected chi connectivity index (χ3v) is 3.05. The summed E-state index contributed by atoms with van der Waals surface area (Å²) in [6.45, 7) is 0. The lowest BCUT2D eigenvalue weighted by molar-refractivity contribution is 0.396. The van der Waals surface area contributed by atoms with Crippen molar-refractivity contribution in [3.8, 4) is 17.6 Å². The Labute approximate surface area is 127 Å². The van der Waals surface area contributed by atoms with Gasteiger partial charge in [0.15, 0.2) is 0 Å². The summed E-state index contributed by atoms with van der Waals surface area (Å²) in [5.74, 6) is 1.37. The van der Waals surface area contributed by atoms with E-state index in [4.69, 9.17) is 32.1 Å². The third-order valence-electron chi connectivity index (χ3n) is 2.76. The van der Waals surface area contributed by atoms with Crippen LogP contribution in [0.1, 0.15) is 5.56 Å². The molecule has 1 aromatic heterocycles. The number of benzene rings is 1. The maximum absolute atomic E-state index is 9.12. The van der Waals surface area contributed by atoms with Crippen molar-refractivity contribution in [2.45, 2.75) is 0 Å². The van der Waals surface area contributed by atoms with Crippen LogP contribution in [0.4, 0.5) is 17.2 Å². The second-order valence-electron chi connectivity index (χ2n) is 4.09. The van der Waals surface area contributed by atoms with Crippen LogP contribution in [-0.4, -0.2) is 19.2 Å². The van der Waals surface area contributed by atoms with Gasteiger partial charge in [-0.2, -0.15) is 5.26 Å². The molecule has 6 nitrogen and oxygen atoms in total. The van der Waals surface area contributed by atoms with E-state index < -0.39 is 0 Å². The fourth-order valence-corrected chi connectivity index (χ4v) is 1.99. The number of rotatable bonds is 4. The second-order valence-corrected chi connectivity index (χ2v) is 4.50. The fourth-order valence-electron chi connectivity index (χ4n) is 1.75. The average Bonchev–Trinajstić information content (AvgIpc) is 2.49. The number of nitrogens with two attached hydrogens (primary N) is 1. The number of ether oxygens (including phenoxy) is 2. The molecule has 0 fully saturated rings. The number of nitriles is 1. The highest BCUT2D eigenvalue weighted by Gasteiger charge is 2.12. The number of nitrogen functional groups attached to an aromatic ring is 1. The van der Waals surface area contributed by atoms with Crippen LogP contribution in [0.3, 0.4) is 0 Å². The Balaban J connectivity index is 2.44. The standard InChI is InChI=1S/C14H13ClN4O2/c1-20-12-5-13(21-2)11(4-10(12)15)19-14-8(6-16)3-9(17)7-18-14/h3-5,7H,17H2,1-2H3,(H,18,19). The normalized spacial score (nSPS) is 9.81. The summed E-state index contributed by atoms with van der Waals surface area (Å²) in [7, 11) is 3.04. The number of aromatic nitrogens is 1. The molecule has 108 valence electrons. The Kier molecular flexibility index (Phi) is 4.36. The summed E-state index contributed by atoms with van der Waals surface area (Å²) in [6, 6.07) is 6.85. The molecule has 0 radical (unpaired) electrons. The molecule has 7 heteroatoms. The van der Waals surface area contributed by atoms with E-state index in [1.165, 1.54) is 26.5 Å². The van der Waals surface area contributed by atoms with Crippen molar-refractivity contribution in [3.05, 3.63) is 35.0 Å². The maximum Gasteiger partial charge on any atom is 0.148 e. The van der Waals surface area contributed by atoms with Crippen molar-refractivity contribution in [3.63, 3.8) is 0 Å². The molecule has 0 unspecified atom stereocenters. The Morgan fingerprint density at radius 1 is 1.24 bits per heavy atom. The highest BCUT2D eigenvalue weighted by Crippen LogP contribution is 2.37. The lowest BCUT2D eigenvalue weighted by atomic mass is 10.2.